The molecule has 1 aliphatic carbocycles. The van der Waals surface area contributed by atoms with Gasteiger partial charge in [-0.3, -0.25) is 0 Å². The molecule has 1 aromatic rings. The smallest absolute Gasteiger partial charge is 0.126 e. The molecule has 1 atom stereocenters. The van der Waals surface area contributed by atoms with Crippen LogP contribution in [0.5, 0.6) is 0 Å². The summed E-state index contributed by atoms with van der Waals surface area (Å²) in [5.41, 5.74) is 6.96. The minimum atomic E-state index is 0.0962. The van der Waals surface area contributed by atoms with Gasteiger partial charge in [0.05, 0.1) is 6.04 Å². The first-order valence-electron chi connectivity index (χ1n) is 7.85. The van der Waals surface area contributed by atoms with Crippen molar-refractivity contribution in [2.24, 2.45) is 17.1 Å². The number of nitrogens with two attached hydrogens (primary N) is 1. The van der Waals surface area contributed by atoms with Crippen LogP contribution < -0.4 is 5.73 Å². The van der Waals surface area contributed by atoms with Crippen molar-refractivity contribution in [3.05, 3.63) is 18.2 Å². The second-order valence-corrected chi connectivity index (χ2v) is 6.62. The average molecular weight is 263 g/mol. The van der Waals surface area contributed by atoms with E-state index in [1.807, 2.05) is 6.20 Å². The van der Waals surface area contributed by atoms with E-state index >= 15 is 0 Å². The lowest BCUT2D eigenvalue weighted by molar-refractivity contribution is 0.174. The summed E-state index contributed by atoms with van der Waals surface area (Å²) in [4.78, 5) is 4.57. The molecule has 19 heavy (non-hydrogen) atoms. The van der Waals surface area contributed by atoms with E-state index in [0.29, 0.717) is 5.92 Å². The lowest BCUT2D eigenvalue weighted by Crippen LogP contribution is -2.35. The predicted molar refractivity (Wildman–Crippen MR) is 79.8 cm³/mol. The summed E-state index contributed by atoms with van der Waals surface area (Å²) in [6.45, 7) is 7.85. The molecule has 0 amide bonds. The van der Waals surface area contributed by atoms with Gasteiger partial charge in [-0.1, -0.05) is 33.6 Å². The van der Waals surface area contributed by atoms with E-state index in [1.54, 1.807) is 0 Å². The summed E-state index contributed by atoms with van der Waals surface area (Å²) in [6, 6.07) is 0.0962. The molecule has 0 saturated heterocycles. The van der Waals surface area contributed by atoms with Gasteiger partial charge >= 0.3 is 0 Å². The Bertz CT molecular complexity index is 388. The van der Waals surface area contributed by atoms with Crippen LogP contribution in [0, 0.1) is 11.3 Å². The molecule has 0 spiro atoms. The molecule has 3 nitrogen and oxygen atoms in total. The Morgan fingerprint density at radius 3 is 2.63 bits per heavy atom. The van der Waals surface area contributed by atoms with Crippen molar-refractivity contribution < 1.29 is 0 Å². The fourth-order valence-electron chi connectivity index (χ4n) is 3.84. The number of imidazole rings is 1. The van der Waals surface area contributed by atoms with E-state index in [0.717, 1.165) is 18.8 Å². The molecule has 1 aliphatic rings. The molecule has 1 fully saturated rings. The molecular weight excluding hydrogens is 234 g/mol. The van der Waals surface area contributed by atoms with Crippen molar-refractivity contribution in [1.82, 2.24) is 9.55 Å². The molecule has 1 heterocycles. The first-order valence-corrected chi connectivity index (χ1v) is 7.85. The number of nitrogens with zero attached hydrogens (tertiary/aromatic N) is 2. The van der Waals surface area contributed by atoms with Crippen LogP contribution in [0.15, 0.2) is 12.4 Å². The van der Waals surface area contributed by atoms with Gasteiger partial charge in [-0.25, -0.2) is 4.98 Å². The summed E-state index contributed by atoms with van der Waals surface area (Å²) < 4.78 is 2.26. The van der Waals surface area contributed by atoms with Gasteiger partial charge in [0.15, 0.2) is 0 Å². The molecule has 0 aliphatic heterocycles. The van der Waals surface area contributed by atoms with E-state index in [4.69, 9.17) is 5.73 Å². The maximum atomic E-state index is 6.68. The Kier molecular flexibility index (Phi) is 4.67. The highest BCUT2D eigenvalue weighted by Gasteiger charge is 2.42. The summed E-state index contributed by atoms with van der Waals surface area (Å²) in [7, 11) is 0. The van der Waals surface area contributed by atoms with Gasteiger partial charge in [0.1, 0.15) is 5.82 Å². The van der Waals surface area contributed by atoms with Crippen molar-refractivity contribution in [2.45, 2.75) is 71.9 Å². The zero-order valence-corrected chi connectivity index (χ0v) is 12.7. The second kappa shape index (κ2) is 6.08. The highest BCUT2D eigenvalue weighted by Crippen LogP contribution is 2.50. The first-order chi connectivity index (χ1) is 9.09. The summed E-state index contributed by atoms with van der Waals surface area (Å²) in [5, 5.41) is 0. The molecule has 2 rings (SSSR count). The third kappa shape index (κ3) is 3.02. The van der Waals surface area contributed by atoms with Crippen LogP contribution in [0.2, 0.25) is 0 Å². The molecule has 1 aromatic heterocycles. The molecular formula is C16H29N3. The lowest BCUT2D eigenvalue weighted by atomic mass is 9.72. The monoisotopic (exact) mass is 263 g/mol. The Balaban J connectivity index is 2.23. The second-order valence-electron chi connectivity index (χ2n) is 6.62. The van der Waals surface area contributed by atoms with Gasteiger partial charge in [0.25, 0.3) is 0 Å². The topological polar surface area (TPSA) is 43.8 Å². The first kappa shape index (κ1) is 14.6. The quantitative estimate of drug-likeness (QED) is 0.846. The molecule has 0 aromatic carbocycles. The van der Waals surface area contributed by atoms with Crippen LogP contribution in [-0.2, 0) is 6.54 Å². The SMILES string of the molecule is CCCn1ccnc1C(N)C1(CC(C)C)CCCC1. The van der Waals surface area contributed by atoms with Gasteiger partial charge in [-0.2, -0.15) is 0 Å². The van der Waals surface area contributed by atoms with E-state index in [1.165, 1.54) is 32.1 Å². The van der Waals surface area contributed by atoms with Gasteiger partial charge in [0.2, 0.25) is 0 Å². The standard InChI is InChI=1S/C16H29N3/c1-4-10-19-11-9-18-15(19)14(17)16(12-13(2)3)7-5-6-8-16/h9,11,13-14H,4-8,10,12,17H2,1-3H3. The largest absolute Gasteiger partial charge is 0.334 e. The average Bonchev–Trinajstić information content (AvgIpc) is 2.98. The summed E-state index contributed by atoms with van der Waals surface area (Å²) in [5.74, 6) is 1.81. The van der Waals surface area contributed by atoms with E-state index in [2.05, 4.69) is 36.5 Å². The van der Waals surface area contributed by atoms with Crippen LogP contribution in [-0.4, -0.2) is 9.55 Å². The van der Waals surface area contributed by atoms with Crippen LogP contribution in [0.25, 0.3) is 0 Å². The number of aromatic nitrogens is 2. The van der Waals surface area contributed by atoms with Crippen molar-refractivity contribution in [3.63, 3.8) is 0 Å². The van der Waals surface area contributed by atoms with E-state index in [-0.39, 0.29) is 11.5 Å². The molecule has 1 saturated carbocycles. The summed E-state index contributed by atoms with van der Waals surface area (Å²) >= 11 is 0. The number of hydrogen-bond acceptors (Lipinski definition) is 2. The zero-order chi connectivity index (χ0) is 13.9. The fraction of sp³-hybridized carbons (Fsp3) is 0.812. The molecule has 1 unspecified atom stereocenters. The van der Waals surface area contributed by atoms with Crippen molar-refractivity contribution >= 4 is 0 Å². The minimum absolute atomic E-state index is 0.0962. The third-order valence-electron chi connectivity index (χ3n) is 4.56. The van der Waals surface area contributed by atoms with Crippen molar-refractivity contribution in [2.75, 3.05) is 0 Å². The summed E-state index contributed by atoms with van der Waals surface area (Å²) in [6.07, 6.45) is 11.5. The molecule has 108 valence electrons. The maximum absolute atomic E-state index is 6.68. The van der Waals surface area contributed by atoms with E-state index < -0.39 is 0 Å². The van der Waals surface area contributed by atoms with Gasteiger partial charge in [-0.15, -0.1) is 0 Å². The normalized spacial score (nSPS) is 20.1. The number of rotatable bonds is 6. The van der Waals surface area contributed by atoms with Crippen LogP contribution in [0.3, 0.4) is 0 Å². The van der Waals surface area contributed by atoms with Crippen molar-refractivity contribution in [1.29, 1.82) is 0 Å². The van der Waals surface area contributed by atoms with Gasteiger partial charge in [-0.05, 0) is 37.0 Å². The predicted octanol–water partition coefficient (Wildman–Crippen LogP) is 3.90. The number of hydrogen-bond donors (Lipinski definition) is 1. The van der Waals surface area contributed by atoms with Gasteiger partial charge in [0, 0.05) is 18.9 Å². The van der Waals surface area contributed by atoms with Crippen LogP contribution >= 0.6 is 0 Å². The highest BCUT2D eigenvalue weighted by molar-refractivity contribution is 5.07. The minimum Gasteiger partial charge on any atom is -0.334 e. The molecule has 0 radical (unpaired) electrons. The molecule has 0 bridgehead atoms. The third-order valence-corrected chi connectivity index (χ3v) is 4.56. The Morgan fingerprint density at radius 2 is 2.05 bits per heavy atom. The Morgan fingerprint density at radius 1 is 1.37 bits per heavy atom. The lowest BCUT2D eigenvalue weighted by Gasteiger charge is -2.36. The van der Waals surface area contributed by atoms with Gasteiger partial charge < -0.3 is 10.3 Å². The number of aryl methyl sites for hydroxylation is 1. The maximum Gasteiger partial charge on any atom is 0.126 e. The Labute approximate surface area is 117 Å². The van der Waals surface area contributed by atoms with Crippen LogP contribution in [0.4, 0.5) is 0 Å². The fourth-order valence-corrected chi connectivity index (χ4v) is 3.84. The Hall–Kier alpha value is -0.830. The van der Waals surface area contributed by atoms with Crippen LogP contribution in [0.1, 0.15) is 71.2 Å². The van der Waals surface area contributed by atoms with Crippen molar-refractivity contribution in [3.8, 4) is 0 Å². The molecule has 2 N–H and O–H groups in total. The molecule has 3 heteroatoms. The highest BCUT2D eigenvalue weighted by atomic mass is 15.1. The zero-order valence-electron chi connectivity index (χ0n) is 12.7. The van der Waals surface area contributed by atoms with E-state index in [9.17, 15) is 0 Å².